The molecular formula is C28H30ClN7O2. The van der Waals surface area contributed by atoms with E-state index in [9.17, 15) is 4.79 Å². The number of piperidine rings is 1. The minimum Gasteiger partial charge on any atom is -0.469 e. The van der Waals surface area contributed by atoms with Crippen LogP contribution in [0.1, 0.15) is 37.2 Å². The molecule has 4 heterocycles. The summed E-state index contributed by atoms with van der Waals surface area (Å²) in [6, 6.07) is 17.4. The van der Waals surface area contributed by atoms with Gasteiger partial charge in [0.15, 0.2) is 0 Å². The molecule has 1 fully saturated rings. The Balaban J connectivity index is 1.29. The van der Waals surface area contributed by atoms with E-state index in [0.717, 1.165) is 54.1 Å². The molecule has 0 unspecified atom stereocenters. The number of likely N-dealkylation sites (tertiary alicyclic amines) is 1. The number of benzene rings is 1. The number of halogens is 1. The van der Waals surface area contributed by atoms with Crippen molar-refractivity contribution in [3.8, 4) is 22.5 Å². The average molecular weight is 532 g/mol. The Morgan fingerprint density at radius 2 is 1.87 bits per heavy atom. The predicted molar refractivity (Wildman–Crippen MR) is 146 cm³/mol. The van der Waals surface area contributed by atoms with Gasteiger partial charge in [-0.3, -0.25) is 14.7 Å². The molecule has 38 heavy (non-hydrogen) atoms. The zero-order chi connectivity index (χ0) is 26.6. The minimum atomic E-state index is -0.111. The zero-order valence-electron chi connectivity index (χ0n) is 21.4. The third kappa shape index (κ3) is 5.84. The highest BCUT2D eigenvalue weighted by Gasteiger charge is 2.28. The molecule has 10 heteroatoms. The Morgan fingerprint density at radius 1 is 1.08 bits per heavy atom. The van der Waals surface area contributed by atoms with Crippen LogP contribution in [0.15, 0.2) is 60.8 Å². The summed E-state index contributed by atoms with van der Waals surface area (Å²) in [5, 5.41) is 9.32. The molecule has 0 aliphatic carbocycles. The standard InChI is InChI=1S/C28H30ClN7O2/c1-18(35-11-9-19(10-12-35)28(37)38-2)24-8-4-7-23(31-24)16-36-17-26(33-34-36)21-14-25(32-27(30)15-21)20-5-3-6-22(29)13-20/h3-8,13-15,17-19H,9-12,16H2,1-2H3,(H2,30,32)/t18-/m1/s1. The molecule has 1 aliphatic rings. The van der Waals surface area contributed by atoms with Gasteiger partial charge in [-0.2, -0.15) is 0 Å². The normalized spacial score (nSPS) is 15.3. The van der Waals surface area contributed by atoms with Crippen LogP contribution in [0.4, 0.5) is 5.82 Å². The second-order valence-electron chi connectivity index (χ2n) is 9.54. The van der Waals surface area contributed by atoms with Crippen molar-refractivity contribution in [3.63, 3.8) is 0 Å². The first kappa shape index (κ1) is 25.8. The van der Waals surface area contributed by atoms with Crippen LogP contribution in [0.2, 0.25) is 5.02 Å². The summed E-state index contributed by atoms with van der Waals surface area (Å²) in [6.45, 7) is 4.32. The van der Waals surface area contributed by atoms with Gasteiger partial charge in [-0.05, 0) is 69.3 Å². The van der Waals surface area contributed by atoms with Crippen LogP contribution in [-0.2, 0) is 16.1 Å². The fourth-order valence-electron chi connectivity index (χ4n) is 4.86. The Morgan fingerprint density at radius 3 is 2.63 bits per heavy atom. The SMILES string of the molecule is COC(=O)C1CCN([C@H](C)c2cccc(Cn3cc(-c4cc(N)nc(-c5cccc(Cl)c5)c4)nn3)n2)CC1. The van der Waals surface area contributed by atoms with Gasteiger partial charge >= 0.3 is 5.97 Å². The number of aromatic nitrogens is 5. The van der Waals surface area contributed by atoms with E-state index in [1.54, 1.807) is 10.7 Å². The van der Waals surface area contributed by atoms with E-state index in [-0.39, 0.29) is 17.9 Å². The molecule has 196 valence electrons. The molecule has 0 amide bonds. The van der Waals surface area contributed by atoms with Crippen LogP contribution in [0.25, 0.3) is 22.5 Å². The van der Waals surface area contributed by atoms with Crippen LogP contribution in [-0.4, -0.2) is 56.0 Å². The number of pyridine rings is 2. The van der Waals surface area contributed by atoms with Crippen molar-refractivity contribution in [1.29, 1.82) is 0 Å². The molecule has 9 nitrogen and oxygen atoms in total. The fraction of sp³-hybridized carbons (Fsp3) is 0.321. The lowest BCUT2D eigenvalue weighted by atomic mass is 9.95. The van der Waals surface area contributed by atoms with E-state index in [0.29, 0.717) is 23.1 Å². The highest BCUT2D eigenvalue weighted by Crippen LogP contribution is 2.28. The van der Waals surface area contributed by atoms with Gasteiger partial charge in [0.05, 0.1) is 42.9 Å². The Labute approximate surface area is 226 Å². The number of carbonyl (C=O) groups is 1. The Bertz CT molecular complexity index is 1430. The number of ether oxygens (including phenoxy) is 1. The maximum atomic E-state index is 11.9. The number of esters is 1. The smallest absolute Gasteiger partial charge is 0.308 e. The number of nitrogens with zero attached hydrogens (tertiary/aromatic N) is 6. The maximum Gasteiger partial charge on any atom is 0.308 e. The first-order valence-corrected chi connectivity index (χ1v) is 13.0. The van der Waals surface area contributed by atoms with Gasteiger partial charge < -0.3 is 10.5 Å². The fourth-order valence-corrected chi connectivity index (χ4v) is 5.05. The van der Waals surface area contributed by atoms with Crippen molar-refractivity contribution in [2.24, 2.45) is 5.92 Å². The molecule has 1 saturated heterocycles. The number of hydrogen-bond acceptors (Lipinski definition) is 8. The highest BCUT2D eigenvalue weighted by atomic mass is 35.5. The molecule has 2 N–H and O–H groups in total. The number of hydrogen-bond donors (Lipinski definition) is 1. The molecule has 1 aliphatic heterocycles. The number of nitrogen functional groups attached to an aromatic ring is 1. The molecule has 0 spiro atoms. The van der Waals surface area contributed by atoms with Crippen LogP contribution in [0, 0.1) is 5.92 Å². The maximum absolute atomic E-state index is 11.9. The lowest BCUT2D eigenvalue weighted by Gasteiger charge is -2.34. The van der Waals surface area contributed by atoms with Gasteiger partial charge in [-0.15, -0.1) is 5.10 Å². The van der Waals surface area contributed by atoms with Gasteiger partial charge in [0, 0.05) is 22.2 Å². The number of nitrogens with two attached hydrogens (primary N) is 1. The van der Waals surface area contributed by atoms with E-state index in [2.05, 4.69) is 27.1 Å². The van der Waals surface area contributed by atoms with Crippen molar-refractivity contribution < 1.29 is 9.53 Å². The van der Waals surface area contributed by atoms with Gasteiger partial charge in [0.25, 0.3) is 0 Å². The average Bonchev–Trinajstić information content (AvgIpc) is 3.40. The summed E-state index contributed by atoms with van der Waals surface area (Å²) in [6.07, 6.45) is 3.49. The molecule has 0 radical (unpaired) electrons. The van der Waals surface area contributed by atoms with Crippen molar-refractivity contribution in [1.82, 2.24) is 29.9 Å². The molecule has 0 bridgehead atoms. The molecule has 3 aromatic heterocycles. The summed E-state index contributed by atoms with van der Waals surface area (Å²) in [4.78, 5) is 23.6. The topological polar surface area (TPSA) is 112 Å². The molecular weight excluding hydrogens is 502 g/mol. The van der Waals surface area contributed by atoms with E-state index in [1.165, 1.54) is 7.11 Å². The molecule has 5 rings (SSSR count). The largest absolute Gasteiger partial charge is 0.469 e. The number of rotatable bonds is 7. The van der Waals surface area contributed by atoms with Gasteiger partial charge in [0.2, 0.25) is 0 Å². The third-order valence-electron chi connectivity index (χ3n) is 6.99. The monoisotopic (exact) mass is 531 g/mol. The second kappa shape index (κ2) is 11.3. The second-order valence-corrected chi connectivity index (χ2v) is 9.98. The van der Waals surface area contributed by atoms with Gasteiger partial charge in [-0.1, -0.05) is 35.0 Å². The third-order valence-corrected chi connectivity index (χ3v) is 7.23. The van der Waals surface area contributed by atoms with Crippen molar-refractivity contribution >= 4 is 23.4 Å². The number of methoxy groups -OCH3 is 1. The summed E-state index contributed by atoms with van der Waals surface area (Å²) < 4.78 is 6.68. The van der Waals surface area contributed by atoms with E-state index < -0.39 is 0 Å². The highest BCUT2D eigenvalue weighted by molar-refractivity contribution is 6.30. The summed E-state index contributed by atoms with van der Waals surface area (Å²) in [7, 11) is 1.45. The quantitative estimate of drug-likeness (QED) is 0.343. The van der Waals surface area contributed by atoms with Crippen molar-refractivity contribution in [2.45, 2.75) is 32.4 Å². The Kier molecular flexibility index (Phi) is 7.67. The zero-order valence-corrected chi connectivity index (χ0v) is 22.2. The van der Waals surface area contributed by atoms with E-state index >= 15 is 0 Å². The molecule has 0 saturated carbocycles. The van der Waals surface area contributed by atoms with Crippen molar-refractivity contribution in [3.05, 3.63) is 77.2 Å². The summed E-state index contributed by atoms with van der Waals surface area (Å²) in [5.74, 6) is 0.271. The van der Waals surface area contributed by atoms with Crippen molar-refractivity contribution in [2.75, 3.05) is 25.9 Å². The number of anilines is 1. The van der Waals surface area contributed by atoms with E-state index in [4.69, 9.17) is 27.1 Å². The van der Waals surface area contributed by atoms with E-state index in [1.807, 2.05) is 54.7 Å². The minimum absolute atomic E-state index is 0.0124. The van der Waals surface area contributed by atoms with Crippen LogP contribution >= 0.6 is 11.6 Å². The predicted octanol–water partition coefficient (Wildman–Crippen LogP) is 4.63. The first-order valence-electron chi connectivity index (χ1n) is 12.6. The van der Waals surface area contributed by atoms with Gasteiger partial charge in [-0.25, -0.2) is 9.67 Å². The van der Waals surface area contributed by atoms with Crippen LogP contribution < -0.4 is 5.73 Å². The van der Waals surface area contributed by atoms with Crippen LogP contribution in [0.3, 0.4) is 0 Å². The number of carbonyl (C=O) groups excluding carboxylic acids is 1. The first-order chi connectivity index (χ1) is 18.4. The lowest BCUT2D eigenvalue weighted by molar-refractivity contribution is -0.147. The van der Waals surface area contributed by atoms with Gasteiger partial charge in [0.1, 0.15) is 11.5 Å². The lowest BCUT2D eigenvalue weighted by Crippen LogP contribution is -2.38. The molecule has 1 atom stereocenters. The summed E-state index contributed by atoms with van der Waals surface area (Å²) in [5.41, 5.74) is 11.1. The molecule has 1 aromatic carbocycles. The summed E-state index contributed by atoms with van der Waals surface area (Å²) >= 11 is 6.16. The van der Waals surface area contributed by atoms with Crippen LogP contribution in [0.5, 0.6) is 0 Å². The molecule has 4 aromatic rings. The Hall–Kier alpha value is -3.82.